The second-order valence-electron chi connectivity index (χ2n) is 6.33. The number of halogens is 1. The Balaban J connectivity index is 2.20. The summed E-state index contributed by atoms with van der Waals surface area (Å²) in [6.07, 6.45) is 1.73. The molecule has 0 radical (unpaired) electrons. The summed E-state index contributed by atoms with van der Waals surface area (Å²) in [7, 11) is 3.46. The monoisotopic (exact) mass is 432 g/mol. The van der Waals surface area contributed by atoms with Gasteiger partial charge < -0.3 is 14.4 Å². The molecule has 2 rings (SSSR count). The van der Waals surface area contributed by atoms with Gasteiger partial charge in [-0.2, -0.15) is 0 Å². The maximum Gasteiger partial charge on any atom is 0.342 e. The van der Waals surface area contributed by atoms with Crippen LogP contribution in [0.1, 0.15) is 34.0 Å². The number of methoxy groups -OCH3 is 1. The Labute approximate surface area is 169 Å². The molecule has 0 amide bonds. The van der Waals surface area contributed by atoms with Crippen molar-refractivity contribution in [1.82, 2.24) is 4.90 Å². The highest BCUT2D eigenvalue weighted by Gasteiger charge is 2.17. The Bertz CT molecular complexity index is 850. The van der Waals surface area contributed by atoms with Crippen LogP contribution in [-0.2, 0) is 11.3 Å². The van der Waals surface area contributed by atoms with E-state index in [1.807, 2.05) is 44.9 Å². The van der Waals surface area contributed by atoms with Gasteiger partial charge in [0.15, 0.2) is 0 Å². The van der Waals surface area contributed by atoms with Crippen molar-refractivity contribution in [2.24, 2.45) is 4.99 Å². The standard InChI is InChI=1S/C21H25BrN2O3/c1-6-24(4)13-23-19-11-20(26-5)17(10-18(19)22)21(25)27-12-16-8-7-14(2)9-15(16)3/h7-11,13H,6,12H2,1-5H3/b23-13+. The van der Waals surface area contributed by atoms with Crippen molar-refractivity contribution in [1.29, 1.82) is 0 Å². The van der Waals surface area contributed by atoms with Gasteiger partial charge in [0.2, 0.25) is 0 Å². The summed E-state index contributed by atoms with van der Waals surface area (Å²) in [5.41, 5.74) is 4.30. The number of carbonyl (C=O) groups is 1. The highest BCUT2D eigenvalue weighted by molar-refractivity contribution is 9.10. The Morgan fingerprint density at radius 1 is 1.26 bits per heavy atom. The molecule has 0 saturated heterocycles. The number of rotatable bonds is 7. The van der Waals surface area contributed by atoms with Crippen LogP contribution in [0.3, 0.4) is 0 Å². The molecule has 0 aromatic heterocycles. The summed E-state index contributed by atoms with van der Waals surface area (Å²) in [6, 6.07) is 9.46. The third-order valence-corrected chi connectivity index (χ3v) is 4.87. The Hall–Kier alpha value is -2.34. The molecule has 0 spiro atoms. The lowest BCUT2D eigenvalue weighted by atomic mass is 10.1. The highest BCUT2D eigenvalue weighted by Crippen LogP contribution is 2.33. The number of carbonyl (C=O) groups excluding carboxylic acids is 1. The largest absolute Gasteiger partial charge is 0.496 e. The van der Waals surface area contributed by atoms with Crippen molar-refractivity contribution in [3.05, 3.63) is 57.1 Å². The Kier molecular flexibility index (Phi) is 7.42. The number of aryl methyl sites for hydroxylation is 2. The van der Waals surface area contributed by atoms with Gasteiger partial charge in [-0.05, 0) is 53.9 Å². The minimum Gasteiger partial charge on any atom is -0.496 e. The maximum absolute atomic E-state index is 12.6. The van der Waals surface area contributed by atoms with Crippen LogP contribution in [0.5, 0.6) is 5.75 Å². The second-order valence-corrected chi connectivity index (χ2v) is 7.18. The molecule has 0 aliphatic heterocycles. The molecule has 0 bridgehead atoms. The van der Waals surface area contributed by atoms with Crippen LogP contribution in [0.25, 0.3) is 0 Å². The third-order valence-electron chi connectivity index (χ3n) is 4.24. The lowest BCUT2D eigenvalue weighted by molar-refractivity contribution is 0.0468. The number of nitrogens with zero attached hydrogens (tertiary/aromatic N) is 2. The van der Waals surface area contributed by atoms with Gasteiger partial charge in [-0.15, -0.1) is 0 Å². The molecule has 0 N–H and O–H groups in total. The van der Waals surface area contributed by atoms with Crippen LogP contribution in [0.4, 0.5) is 5.69 Å². The zero-order valence-electron chi connectivity index (χ0n) is 16.4. The van der Waals surface area contributed by atoms with E-state index in [-0.39, 0.29) is 6.61 Å². The summed E-state index contributed by atoms with van der Waals surface area (Å²) < 4.78 is 11.6. The van der Waals surface area contributed by atoms with Crippen LogP contribution in [-0.4, -0.2) is 37.9 Å². The van der Waals surface area contributed by atoms with Gasteiger partial charge in [0, 0.05) is 24.1 Å². The van der Waals surface area contributed by atoms with E-state index in [4.69, 9.17) is 9.47 Å². The number of hydrogen-bond donors (Lipinski definition) is 0. The lowest BCUT2D eigenvalue weighted by Gasteiger charge is -2.13. The Morgan fingerprint density at radius 2 is 2.00 bits per heavy atom. The smallest absolute Gasteiger partial charge is 0.342 e. The molecule has 0 heterocycles. The van der Waals surface area contributed by atoms with Crippen molar-refractivity contribution >= 4 is 33.9 Å². The van der Waals surface area contributed by atoms with Gasteiger partial charge in [0.1, 0.15) is 17.9 Å². The summed E-state index contributed by atoms with van der Waals surface area (Å²) in [6.45, 7) is 7.14. The molecule has 0 atom stereocenters. The number of ether oxygens (including phenoxy) is 2. The second kappa shape index (κ2) is 9.55. The molecule has 5 nitrogen and oxygen atoms in total. The summed E-state index contributed by atoms with van der Waals surface area (Å²) in [5, 5.41) is 0. The molecular formula is C21H25BrN2O3. The number of aliphatic imine (C=N–C) groups is 1. The van der Waals surface area contributed by atoms with Crippen molar-refractivity contribution in [2.75, 3.05) is 20.7 Å². The SMILES string of the molecule is CCN(C)/C=N/c1cc(OC)c(C(=O)OCc2ccc(C)cc2C)cc1Br. The number of benzene rings is 2. The van der Waals surface area contributed by atoms with Gasteiger partial charge >= 0.3 is 5.97 Å². The van der Waals surface area contributed by atoms with Crippen LogP contribution in [0, 0.1) is 13.8 Å². The molecule has 0 aliphatic rings. The van der Waals surface area contributed by atoms with Crippen molar-refractivity contribution in [2.45, 2.75) is 27.4 Å². The minimum absolute atomic E-state index is 0.215. The molecule has 6 heteroatoms. The first-order chi connectivity index (χ1) is 12.8. The van der Waals surface area contributed by atoms with Crippen LogP contribution < -0.4 is 4.74 Å². The zero-order chi connectivity index (χ0) is 20.0. The molecular weight excluding hydrogens is 408 g/mol. The fraction of sp³-hybridized carbons (Fsp3) is 0.333. The predicted molar refractivity (Wildman–Crippen MR) is 112 cm³/mol. The molecule has 0 unspecified atom stereocenters. The molecule has 2 aromatic rings. The number of hydrogen-bond acceptors (Lipinski definition) is 4. The first-order valence-electron chi connectivity index (χ1n) is 8.71. The van der Waals surface area contributed by atoms with Crippen LogP contribution in [0.2, 0.25) is 0 Å². The van der Waals surface area contributed by atoms with Crippen molar-refractivity contribution in [3.8, 4) is 5.75 Å². The van der Waals surface area contributed by atoms with E-state index in [2.05, 4.69) is 27.0 Å². The summed E-state index contributed by atoms with van der Waals surface area (Å²) >= 11 is 3.47. The molecule has 27 heavy (non-hydrogen) atoms. The van der Waals surface area contributed by atoms with E-state index in [1.165, 1.54) is 12.7 Å². The van der Waals surface area contributed by atoms with Gasteiger partial charge in [-0.25, -0.2) is 9.79 Å². The quantitative estimate of drug-likeness (QED) is 0.349. The third kappa shape index (κ3) is 5.57. The van der Waals surface area contributed by atoms with E-state index in [0.717, 1.165) is 17.7 Å². The van der Waals surface area contributed by atoms with Crippen LogP contribution in [0.15, 0.2) is 39.8 Å². The molecule has 0 saturated carbocycles. The molecule has 144 valence electrons. The van der Waals surface area contributed by atoms with Crippen molar-refractivity contribution < 1.29 is 14.3 Å². The van der Waals surface area contributed by atoms with Crippen LogP contribution >= 0.6 is 15.9 Å². The van der Waals surface area contributed by atoms with Gasteiger partial charge in [0.05, 0.1) is 19.1 Å². The fourth-order valence-corrected chi connectivity index (χ4v) is 2.89. The predicted octanol–water partition coefficient (Wildman–Crippen LogP) is 5.04. The molecule has 0 fully saturated rings. The fourth-order valence-electron chi connectivity index (χ4n) is 2.44. The summed E-state index contributed by atoms with van der Waals surface area (Å²) in [4.78, 5) is 19.0. The van der Waals surface area contributed by atoms with E-state index in [0.29, 0.717) is 21.5 Å². The molecule has 2 aromatic carbocycles. The van der Waals surface area contributed by atoms with Gasteiger partial charge in [-0.3, -0.25) is 0 Å². The average molecular weight is 433 g/mol. The van der Waals surface area contributed by atoms with E-state index in [9.17, 15) is 4.79 Å². The highest BCUT2D eigenvalue weighted by atomic mass is 79.9. The van der Waals surface area contributed by atoms with Gasteiger partial charge in [-0.1, -0.05) is 23.8 Å². The minimum atomic E-state index is -0.436. The first kappa shape index (κ1) is 21.0. The zero-order valence-corrected chi connectivity index (χ0v) is 18.0. The topological polar surface area (TPSA) is 51.1 Å². The van der Waals surface area contributed by atoms with E-state index in [1.54, 1.807) is 18.5 Å². The maximum atomic E-state index is 12.6. The van der Waals surface area contributed by atoms with Crippen molar-refractivity contribution in [3.63, 3.8) is 0 Å². The lowest BCUT2D eigenvalue weighted by Crippen LogP contribution is -2.14. The normalized spacial score (nSPS) is 10.9. The van der Waals surface area contributed by atoms with E-state index < -0.39 is 5.97 Å². The summed E-state index contributed by atoms with van der Waals surface area (Å²) in [5.74, 6) is -0.0103. The Morgan fingerprint density at radius 3 is 2.63 bits per heavy atom. The van der Waals surface area contributed by atoms with E-state index >= 15 is 0 Å². The average Bonchev–Trinajstić information content (AvgIpc) is 2.65. The first-order valence-corrected chi connectivity index (χ1v) is 9.50. The molecule has 0 aliphatic carbocycles. The van der Waals surface area contributed by atoms with Gasteiger partial charge in [0.25, 0.3) is 0 Å². The number of esters is 1.